The molecule has 0 aliphatic rings. The van der Waals surface area contributed by atoms with Crippen LogP contribution in [0, 0.1) is 0 Å². The smallest absolute Gasteiger partial charge is 0.332 e. The minimum absolute atomic E-state index is 0.142. The van der Waals surface area contributed by atoms with Crippen molar-refractivity contribution in [3.8, 4) is 23.0 Å². The van der Waals surface area contributed by atoms with Gasteiger partial charge in [-0.15, -0.1) is 0 Å². The summed E-state index contributed by atoms with van der Waals surface area (Å²) in [5, 5.41) is 15.9. The van der Waals surface area contributed by atoms with E-state index in [2.05, 4.69) is 42.1 Å². The van der Waals surface area contributed by atoms with E-state index >= 15 is 0 Å². The van der Waals surface area contributed by atoms with E-state index in [4.69, 9.17) is 41.9 Å². The number of urea groups is 4. The molecular formula is C46H50N12O8. The van der Waals surface area contributed by atoms with Crippen LogP contribution >= 0.6 is 0 Å². The van der Waals surface area contributed by atoms with Crippen LogP contribution in [-0.2, 0) is 26.4 Å². The number of nitrogens with zero attached hydrogens (tertiary/aromatic N) is 4. The van der Waals surface area contributed by atoms with E-state index in [1.807, 2.05) is 60.7 Å². The number of nitrogens with two attached hydrogens (primary N) is 4. The van der Waals surface area contributed by atoms with Gasteiger partial charge in [0, 0.05) is 0 Å². The summed E-state index contributed by atoms with van der Waals surface area (Å²) < 4.78 is 25.3. The molecule has 0 bridgehead atoms. The quantitative estimate of drug-likeness (QED) is 0.0360. The van der Waals surface area contributed by atoms with Crippen LogP contribution in [0.3, 0.4) is 0 Å². The Morgan fingerprint density at radius 3 is 0.712 bits per heavy atom. The largest absolute Gasteiger partial charge is 0.489 e. The molecule has 342 valence electrons. The molecule has 0 saturated heterocycles. The highest BCUT2D eigenvalue weighted by molar-refractivity contribution is 6.01. The number of benzene rings is 5. The number of carbonyl (C=O) groups excluding carboxylic acids is 4. The first kappa shape index (κ1) is 48.1. The summed E-state index contributed by atoms with van der Waals surface area (Å²) in [6.07, 6.45) is 0. The molecule has 0 aliphatic heterocycles. The topological polar surface area (TPSA) is 307 Å². The number of hydrogen-bond donors (Lipinski definition) is 8. The average Bonchev–Trinajstić information content (AvgIpc) is 3.31. The van der Waals surface area contributed by atoms with Crippen molar-refractivity contribution in [2.45, 2.75) is 54.1 Å². The minimum Gasteiger partial charge on any atom is -0.489 e. The van der Waals surface area contributed by atoms with Crippen molar-refractivity contribution in [2.75, 3.05) is 0 Å². The predicted molar refractivity (Wildman–Crippen MR) is 249 cm³/mol. The second-order valence-corrected chi connectivity index (χ2v) is 14.3. The Hall–Kier alpha value is -8.94. The molecule has 20 nitrogen and oxygen atoms in total. The molecule has 0 unspecified atom stereocenters. The van der Waals surface area contributed by atoms with E-state index in [1.54, 1.807) is 76.2 Å². The molecule has 0 spiro atoms. The molecule has 0 atom stereocenters. The molecule has 0 saturated carbocycles. The van der Waals surface area contributed by atoms with Crippen LogP contribution in [0.2, 0.25) is 0 Å². The van der Waals surface area contributed by atoms with Crippen LogP contribution in [0.25, 0.3) is 0 Å². The second kappa shape index (κ2) is 23.5. The van der Waals surface area contributed by atoms with Crippen LogP contribution in [0.5, 0.6) is 23.0 Å². The SMILES string of the molecule is C/C(=N/NC(N)=O)c1ccc(OCc2cc(COc3ccc(/C(C)=N/NC(N)=O)cc3)c(COc3ccc(/C(C)=N/NC(N)=O)cc3)cc2COc2ccc(/C(C)=N\NC(N)=O)cc2)cc1. The first-order chi connectivity index (χ1) is 31.6. The first-order valence-corrected chi connectivity index (χ1v) is 20.1. The standard InChI is InChI=1S/C46H50N12O8/c1-27(51-55-43(47)59)31-5-13-39(14-6-31)63-23-35-21-37(25-65-41-17-9-33(10-18-41)29(3)53-57-45(49)61)38(26-66-42-19-11-34(12-20-42)30(4)54-58-46(50)62)22-36(35)24-64-40-15-7-32(8-16-40)28(2)52-56-44(48)60/h5-22H,23-26H2,1-4H3,(H3,47,55,59)(H3,48,56,60)(H3,49,57,61)(H3,50,58,62)/b51-27-,52-28-,53-29+,54-30+. The third-order valence-corrected chi connectivity index (χ3v) is 9.52. The Kier molecular flexibility index (Phi) is 17.1. The highest BCUT2D eigenvalue weighted by atomic mass is 16.5. The lowest BCUT2D eigenvalue weighted by atomic mass is 9.99. The molecule has 0 aromatic heterocycles. The minimum atomic E-state index is -0.769. The zero-order valence-electron chi connectivity index (χ0n) is 36.6. The van der Waals surface area contributed by atoms with E-state index in [0.29, 0.717) is 45.8 Å². The Bertz CT molecular complexity index is 2270. The van der Waals surface area contributed by atoms with Crippen molar-refractivity contribution < 1.29 is 38.1 Å². The number of primary amides is 4. The van der Waals surface area contributed by atoms with Gasteiger partial charge >= 0.3 is 24.1 Å². The van der Waals surface area contributed by atoms with E-state index < -0.39 is 24.1 Å². The van der Waals surface area contributed by atoms with Crippen molar-refractivity contribution in [3.63, 3.8) is 0 Å². The first-order valence-electron chi connectivity index (χ1n) is 20.1. The molecule has 0 fully saturated rings. The number of hydrazone groups is 4. The van der Waals surface area contributed by atoms with Crippen LogP contribution in [0.15, 0.2) is 130 Å². The summed E-state index contributed by atoms with van der Waals surface area (Å²) in [5.41, 5.74) is 38.0. The maximum Gasteiger partial charge on any atom is 0.332 e. The van der Waals surface area contributed by atoms with Gasteiger partial charge in [-0.2, -0.15) is 20.4 Å². The number of nitrogens with one attached hydrogen (secondary N) is 4. The lowest BCUT2D eigenvalue weighted by molar-refractivity contribution is 0.248. The highest BCUT2D eigenvalue weighted by Gasteiger charge is 2.15. The van der Waals surface area contributed by atoms with Gasteiger partial charge in [0.1, 0.15) is 49.4 Å². The highest BCUT2D eigenvalue weighted by Crippen LogP contribution is 2.26. The number of ether oxygens (including phenoxy) is 4. The second-order valence-electron chi connectivity index (χ2n) is 14.3. The fourth-order valence-electron chi connectivity index (χ4n) is 5.96. The average molecular weight is 899 g/mol. The summed E-state index contributed by atoms with van der Waals surface area (Å²) in [6, 6.07) is 29.7. The Labute approximate surface area is 380 Å². The van der Waals surface area contributed by atoms with Gasteiger partial charge in [0.25, 0.3) is 0 Å². The van der Waals surface area contributed by atoms with Crippen LogP contribution in [0.1, 0.15) is 72.2 Å². The van der Waals surface area contributed by atoms with Crippen LogP contribution in [-0.4, -0.2) is 47.0 Å². The number of rotatable bonds is 20. The van der Waals surface area contributed by atoms with Gasteiger partial charge in [0.15, 0.2) is 0 Å². The molecule has 0 heterocycles. The Morgan fingerprint density at radius 2 is 0.545 bits per heavy atom. The fourth-order valence-corrected chi connectivity index (χ4v) is 5.96. The van der Waals surface area contributed by atoms with Gasteiger partial charge in [-0.05, 0) is 181 Å². The van der Waals surface area contributed by atoms with Crippen molar-refractivity contribution in [3.05, 3.63) is 154 Å². The third-order valence-electron chi connectivity index (χ3n) is 9.52. The van der Waals surface area contributed by atoms with Gasteiger partial charge in [-0.25, -0.2) is 40.9 Å². The van der Waals surface area contributed by atoms with E-state index in [9.17, 15) is 19.2 Å². The maximum atomic E-state index is 11.1. The predicted octanol–water partition coefficient (Wildman–Crippen LogP) is 5.57. The van der Waals surface area contributed by atoms with Gasteiger partial charge in [-0.1, -0.05) is 0 Å². The number of carbonyl (C=O) groups is 4. The van der Waals surface area contributed by atoms with Crippen LogP contribution < -0.4 is 63.6 Å². The van der Waals surface area contributed by atoms with Gasteiger partial charge in [0.2, 0.25) is 0 Å². The van der Waals surface area contributed by atoms with E-state index in [0.717, 1.165) is 44.5 Å². The van der Waals surface area contributed by atoms with Crippen molar-refractivity contribution in [2.24, 2.45) is 43.3 Å². The zero-order valence-corrected chi connectivity index (χ0v) is 36.6. The Balaban J connectivity index is 1.46. The molecule has 0 aliphatic carbocycles. The monoisotopic (exact) mass is 898 g/mol. The van der Waals surface area contributed by atoms with Crippen molar-refractivity contribution in [1.29, 1.82) is 0 Å². The van der Waals surface area contributed by atoms with E-state index in [-0.39, 0.29) is 26.4 Å². The summed E-state index contributed by atoms with van der Waals surface area (Å²) in [7, 11) is 0. The molecule has 12 N–H and O–H groups in total. The molecule has 0 radical (unpaired) electrons. The number of hydrogen-bond acceptors (Lipinski definition) is 12. The van der Waals surface area contributed by atoms with Gasteiger partial charge < -0.3 is 41.9 Å². The van der Waals surface area contributed by atoms with Gasteiger partial charge in [-0.3, -0.25) is 0 Å². The lowest BCUT2D eigenvalue weighted by Crippen LogP contribution is -2.25. The van der Waals surface area contributed by atoms with Crippen molar-refractivity contribution in [1.82, 2.24) is 21.7 Å². The molecule has 20 heteroatoms. The van der Waals surface area contributed by atoms with E-state index in [1.165, 1.54) is 0 Å². The normalized spacial score (nSPS) is 11.8. The fraction of sp³-hybridized carbons (Fsp3) is 0.174. The van der Waals surface area contributed by atoms with Gasteiger partial charge in [0.05, 0.1) is 22.8 Å². The molecule has 5 rings (SSSR count). The molecular weight excluding hydrogens is 849 g/mol. The Morgan fingerprint density at radius 1 is 0.364 bits per heavy atom. The number of amides is 8. The van der Waals surface area contributed by atoms with Crippen molar-refractivity contribution >= 4 is 47.0 Å². The summed E-state index contributed by atoms with van der Waals surface area (Å²) in [4.78, 5) is 44.6. The van der Waals surface area contributed by atoms with Crippen LogP contribution in [0.4, 0.5) is 19.2 Å². The summed E-state index contributed by atoms with van der Waals surface area (Å²) in [5.74, 6) is 2.29. The summed E-state index contributed by atoms with van der Waals surface area (Å²) >= 11 is 0. The lowest BCUT2D eigenvalue weighted by Gasteiger charge is -2.19. The molecule has 5 aromatic rings. The maximum absolute atomic E-state index is 11.1. The third kappa shape index (κ3) is 15.1. The zero-order chi connectivity index (χ0) is 47.6. The molecule has 5 aromatic carbocycles. The summed E-state index contributed by atoms with van der Waals surface area (Å²) in [6.45, 7) is 7.52. The molecule has 66 heavy (non-hydrogen) atoms. The molecule has 8 amide bonds.